The molecule has 5 heteroatoms. The highest BCUT2D eigenvalue weighted by Gasteiger charge is 2.23. The third-order valence-corrected chi connectivity index (χ3v) is 3.07. The standard InChI is InChI=1S/C12H21N3O2/c1-9(2)6-15-11(7-16)13-14-12(15)10-4-3-5-17-8-10/h9-10,16H,3-8H2,1-2H3. The zero-order valence-electron chi connectivity index (χ0n) is 10.6. The number of hydrogen-bond acceptors (Lipinski definition) is 4. The molecule has 1 fully saturated rings. The molecule has 1 aliphatic heterocycles. The molecular weight excluding hydrogens is 218 g/mol. The summed E-state index contributed by atoms with van der Waals surface area (Å²) in [4.78, 5) is 0. The number of nitrogens with zero attached hydrogens (tertiary/aromatic N) is 3. The van der Waals surface area contributed by atoms with Gasteiger partial charge in [0.2, 0.25) is 0 Å². The maximum absolute atomic E-state index is 9.29. The molecule has 1 aromatic heterocycles. The van der Waals surface area contributed by atoms with E-state index in [9.17, 15) is 5.11 Å². The Morgan fingerprint density at radius 3 is 2.88 bits per heavy atom. The number of rotatable bonds is 4. The van der Waals surface area contributed by atoms with E-state index in [0.29, 0.717) is 17.7 Å². The third kappa shape index (κ3) is 2.84. The molecule has 1 saturated heterocycles. The van der Waals surface area contributed by atoms with E-state index in [1.54, 1.807) is 0 Å². The quantitative estimate of drug-likeness (QED) is 0.861. The first kappa shape index (κ1) is 12.5. The Hall–Kier alpha value is -0.940. The fraction of sp³-hybridized carbons (Fsp3) is 0.833. The molecule has 1 atom stereocenters. The molecular formula is C12H21N3O2. The molecule has 1 unspecified atom stereocenters. The second-order valence-corrected chi connectivity index (χ2v) is 5.05. The highest BCUT2D eigenvalue weighted by molar-refractivity contribution is 5.03. The molecule has 0 aliphatic carbocycles. The van der Waals surface area contributed by atoms with Crippen molar-refractivity contribution in [3.05, 3.63) is 11.6 Å². The largest absolute Gasteiger partial charge is 0.388 e. The second kappa shape index (κ2) is 5.60. The molecule has 1 aromatic rings. The monoisotopic (exact) mass is 239 g/mol. The van der Waals surface area contributed by atoms with Crippen LogP contribution in [0.4, 0.5) is 0 Å². The van der Waals surface area contributed by atoms with Crippen LogP contribution < -0.4 is 0 Å². The Kier molecular flexibility index (Phi) is 4.12. The van der Waals surface area contributed by atoms with Gasteiger partial charge < -0.3 is 14.4 Å². The van der Waals surface area contributed by atoms with Crippen LogP contribution in [0, 0.1) is 5.92 Å². The summed E-state index contributed by atoms with van der Waals surface area (Å²) in [6.45, 7) is 6.69. The van der Waals surface area contributed by atoms with Crippen molar-refractivity contribution in [3.63, 3.8) is 0 Å². The van der Waals surface area contributed by atoms with Crippen molar-refractivity contribution in [1.29, 1.82) is 0 Å². The lowest BCUT2D eigenvalue weighted by Gasteiger charge is -2.22. The smallest absolute Gasteiger partial charge is 0.158 e. The highest BCUT2D eigenvalue weighted by atomic mass is 16.5. The lowest BCUT2D eigenvalue weighted by molar-refractivity contribution is 0.0765. The van der Waals surface area contributed by atoms with Crippen LogP contribution in [-0.4, -0.2) is 33.1 Å². The van der Waals surface area contributed by atoms with Crippen LogP contribution in [-0.2, 0) is 17.9 Å². The Balaban J connectivity index is 2.22. The summed E-state index contributed by atoms with van der Waals surface area (Å²) in [5.41, 5.74) is 0. The summed E-state index contributed by atoms with van der Waals surface area (Å²) in [7, 11) is 0. The van der Waals surface area contributed by atoms with E-state index in [1.165, 1.54) is 0 Å². The first-order chi connectivity index (χ1) is 8.22. The van der Waals surface area contributed by atoms with Crippen molar-refractivity contribution in [2.45, 2.75) is 45.8 Å². The van der Waals surface area contributed by atoms with E-state index in [2.05, 4.69) is 28.6 Å². The van der Waals surface area contributed by atoms with Crippen molar-refractivity contribution >= 4 is 0 Å². The van der Waals surface area contributed by atoms with Crippen molar-refractivity contribution in [2.24, 2.45) is 5.92 Å². The van der Waals surface area contributed by atoms with Gasteiger partial charge in [0.15, 0.2) is 5.82 Å². The number of ether oxygens (including phenoxy) is 1. The normalized spacial score (nSPS) is 21.1. The van der Waals surface area contributed by atoms with Gasteiger partial charge in [-0.05, 0) is 18.8 Å². The van der Waals surface area contributed by atoms with Crippen LogP contribution in [0.3, 0.4) is 0 Å². The minimum absolute atomic E-state index is 0.0483. The van der Waals surface area contributed by atoms with E-state index in [1.807, 2.05) is 0 Å². The zero-order valence-corrected chi connectivity index (χ0v) is 10.6. The van der Waals surface area contributed by atoms with Crippen LogP contribution in [0.2, 0.25) is 0 Å². The first-order valence-electron chi connectivity index (χ1n) is 6.33. The van der Waals surface area contributed by atoms with Gasteiger partial charge in [0, 0.05) is 19.1 Å². The van der Waals surface area contributed by atoms with Crippen LogP contribution in [0.5, 0.6) is 0 Å². The highest BCUT2D eigenvalue weighted by Crippen LogP contribution is 2.25. The zero-order chi connectivity index (χ0) is 12.3. The van der Waals surface area contributed by atoms with E-state index in [-0.39, 0.29) is 6.61 Å². The van der Waals surface area contributed by atoms with Gasteiger partial charge in [0.1, 0.15) is 12.4 Å². The van der Waals surface area contributed by atoms with Gasteiger partial charge in [-0.1, -0.05) is 13.8 Å². The Bertz CT molecular complexity index is 357. The van der Waals surface area contributed by atoms with Gasteiger partial charge in [-0.15, -0.1) is 10.2 Å². The molecule has 1 aliphatic rings. The van der Waals surface area contributed by atoms with Crippen LogP contribution in [0.1, 0.15) is 44.3 Å². The minimum atomic E-state index is -0.0483. The number of aliphatic hydroxyl groups is 1. The second-order valence-electron chi connectivity index (χ2n) is 5.05. The van der Waals surface area contributed by atoms with Gasteiger partial charge in [-0.3, -0.25) is 0 Å². The molecule has 1 N–H and O–H groups in total. The van der Waals surface area contributed by atoms with E-state index in [0.717, 1.165) is 38.4 Å². The Morgan fingerprint density at radius 2 is 2.29 bits per heavy atom. The topological polar surface area (TPSA) is 60.2 Å². The number of aromatic nitrogens is 3. The predicted octanol–water partition coefficient (Wildman–Crippen LogP) is 1.32. The molecule has 0 saturated carbocycles. The minimum Gasteiger partial charge on any atom is -0.388 e. The van der Waals surface area contributed by atoms with Crippen LogP contribution >= 0.6 is 0 Å². The van der Waals surface area contributed by atoms with Crippen molar-refractivity contribution in [1.82, 2.24) is 14.8 Å². The lowest BCUT2D eigenvalue weighted by Crippen LogP contribution is -2.21. The molecule has 2 rings (SSSR count). The molecule has 0 spiro atoms. The van der Waals surface area contributed by atoms with Gasteiger partial charge in [-0.2, -0.15) is 0 Å². The summed E-state index contributed by atoms with van der Waals surface area (Å²) in [6, 6.07) is 0. The third-order valence-electron chi connectivity index (χ3n) is 3.07. The summed E-state index contributed by atoms with van der Waals surface area (Å²) < 4.78 is 7.56. The summed E-state index contributed by atoms with van der Waals surface area (Å²) in [5, 5.41) is 17.6. The van der Waals surface area contributed by atoms with Crippen molar-refractivity contribution in [3.8, 4) is 0 Å². The number of aliphatic hydroxyl groups excluding tert-OH is 1. The molecule has 2 heterocycles. The van der Waals surface area contributed by atoms with Gasteiger partial charge in [0.05, 0.1) is 6.61 Å². The molecule has 0 amide bonds. The van der Waals surface area contributed by atoms with Crippen molar-refractivity contribution < 1.29 is 9.84 Å². The van der Waals surface area contributed by atoms with Crippen molar-refractivity contribution in [2.75, 3.05) is 13.2 Å². The van der Waals surface area contributed by atoms with Gasteiger partial charge >= 0.3 is 0 Å². The Labute approximate surface area is 102 Å². The van der Waals surface area contributed by atoms with E-state index >= 15 is 0 Å². The maximum Gasteiger partial charge on any atom is 0.158 e. The summed E-state index contributed by atoms with van der Waals surface area (Å²) in [5.74, 6) is 2.48. The number of hydrogen-bond donors (Lipinski definition) is 1. The average Bonchev–Trinajstić information content (AvgIpc) is 2.72. The van der Waals surface area contributed by atoms with Crippen LogP contribution in [0.25, 0.3) is 0 Å². The summed E-state index contributed by atoms with van der Waals surface area (Å²) >= 11 is 0. The fourth-order valence-corrected chi connectivity index (χ4v) is 2.28. The lowest BCUT2D eigenvalue weighted by atomic mass is 10.0. The SMILES string of the molecule is CC(C)Cn1c(CO)nnc1C1CCCOC1. The molecule has 17 heavy (non-hydrogen) atoms. The first-order valence-corrected chi connectivity index (χ1v) is 6.33. The molecule has 96 valence electrons. The molecule has 0 bridgehead atoms. The predicted molar refractivity (Wildman–Crippen MR) is 63.6 cm³/mol. The van der Waals surface area contributed by atoms with E-state index < -0.39 is 0 Å². The Morgan fingerprint density at radius 1 is 1.47 bits per heavy atom. The molecule has 0 radical (unpaired) electrons. The van der Waals surface area contributed by atoms with Gasteiger partial charge in [-0.25, -0.2) is 0 Å². The summed E-state index contributed by atoms with van der Waals surface area (Å²) in [6.07, 6.45) is 2.18. The molecule has 0 aromatic carbocycles. The van der Waals surface area contributed by atoms with E-state index in [4.69, 9.17) is 4.74 Å². The van der Waals surface area contributed by atoms with Gasteiger partial charge in [0.25, 0.3) is 0 Å². The molecule has 5 nitrogen and oxygen atoms in total. The maximum atomic E-state index is 9.29. The average molecular weight is 239 g/mol. The van der Waals surface area contributed by atoms with Crippen LogP contribution in [0.15, 0.2) is 0 Å². The fourth-order valence-electron chi connectivity index (χ4n) is 2.28.